The Morgan fingerprint density at radius 2 is 1.75 bits per heavy atom. The standard InChI is InChI=1S/C33H39N3O4/c1-9-39-30-17-23(14-15-28(30)40-20-33(5,6)7)19-34-36-31(35-27-13-11-10-12-24(27)32(36)37)26-18-25(21(2)3)29(38-8)16-22(26)4/h10-19,21H,9,20H2,1-8H3. The van der Waals surface area contributed by atoms with Gasteiger partial charge in [0.2, 0.25) is 0 Å². The third-order valence-corrected chi connectivity index (χ3v) is 6.44. The molecule has 7 heteroatoms. The van der Waals surface area contributed by atoms with Gasteiger partial charge in [-0.25, -0.2) is 4.98 Å². The minimum Gasteiger partial charge on any atom is -0.496 e. The third kappa shape index (κ3) is 6.36. The fourth-order valence-corrected chi connectivity index (χ4v) is 4.38. The second-order valence-electron chi connectivity index (χ2n) is 11.4. The van der Waals surface area contributed by atoms with Crippen LogP contribution in [0.15, 0.2) is 64.5 Å². The molecule has 0 saturated heterocycles. The van der Waals surface area contributed by atoms with E-state index in [0.29, 0.717) is 41.4 Å². The van der Waals surface area contributed by atoms with Crippen molar-refractivity contribution in [2.75, 3.05) is 20.3 Å². The van der Waals surface area contributed by atoms with Crippen LogP contribution in [-0.2, 0) is 0 Å². The molecule has 4 rings (SSSR count). The van der Waals surface area contributed by atoms with E-state index < -0.39 is 0 Å². The van der Waals surface area contributed by atoms with Crippen LogP contribution in [0.4, 0.5) is 0 Å². The number of hydrogen-bond acceptors (Lipinski definition) is 6. The Hall–Kier alpha value is -4.13. The summed E-state index contributed by atoms with van der Waals surface area (Å²) in [6, 6.07) is 17.0. The number of para-hydroxylation sites is 1. The monoisotopic (exact) mass is 541 g/mol. The Labute approximate surface area is 236 Å². The maximum Gasteiger partial charge on any atom is 0.282 e. The maximum atomic E-state index is 13.7. The first kappa shape index (κ1) is 28.9. The van der Waals surface area contributed by atoms with Gasteiger partial charge >= 0.3 is 0 Å². The first-order chi connectivity index (χ1) is 19.0. The molecule has 210 valence electrons. The highest BCUT2D eigenvalue weighted by molar-refractivity contribution is 5.83. The molecule has 0 bridgehead atoms. The van der Waals surface area contributed by atoms with Gasteiger partial charge < -0.3 is 14.2 Å². The molecule has 7 nitrogen and oxygen atoms in total. The van der Waals surface area contributed by atoms with Crippen molar-refractivity contribution in [1.29, 1.82) is 0 Å². The van der Waals surface area contributed by atoms with Gasteiger partial charge in [0.15, 0.2) is 17.3 Å². The van der Waals surface area contributed by atoms with Crippen LogP contribution < -0.4 is 19.8 Å². The summed E-state index contributed by atoms with van der Waals surface area (Å²) < 4.78 is 18.9. The van der Waals surface area contributed by atoms with Crippen LogP contribution in [0, 0.1) is 12.3 Å². The van der Waals surface area contributed by atoms with E-state index in [1.165, 1.54) is 4.68 Å². The summed E-state index contributed by atoms with van der Waals surface area (Å²) in [5, 5.41) is 5.17. The summed E-state index contributed by atoms with van der Waals surface area (Å²) in [6.07, 6.45) is 1.65. The summed E-state index contributed by atoms with van der Waals surface area (Å²) in [5.41, 5.74) is 3.96. The van der Waals surface area contributed by atoms with Gasteiger partial charge in [0.1, 0.15) is 5.75 Å². The van der Waals surface area contributed by atoms with E-state index in [2.05, 4.69) is 45.8 Å². The molecule has 0 fully saturated rings. The van der Waals surface area contributed by atoms with Gasteiger partial charge in [-0.2, -0.15) is 9.78 Å². The highest BCUT2D eigenvalue weighted by Crippen LogP contribution is 2.34. The number of nitrogens with zero attached hydrogens (tertiary/aromatic N) is 3. The largest absolute Gasteiger partial charge is 0.496 e. The van der Waals surface area contributed by atoms with Gasteiger partial charge in [0, 0.05) is 5.56 Å². The quantitative estimate of drug-likeness (QED) is 0.209. The Morgan fingerprint density at radius 3 is 2.42 bits per heavy atom. The van der Waals surface area contributed by atoms with E-state index in [9.17, 15) is 4.79 Å². The van der Waals surface area contributed by atoms with Crippen molar-refractivity contribution in [3.05, 3.63) is 81.6 Å². The lowest BCUT2D eigenvalue weighted by Gasteiger charge is -2.20. The first-order valence-corrected chi connectivity index (χ1v) is 13.7. The fourth-order valence-electron chi connectivity index (χ4n) is 4.38. The van der Waals surface area contributed by atoms with Crippen molar-refractivity contribution >= 4 is 17.1 Å². The molecule has 0 unspecified atom stereocenters. The molecule has 0 radical (unpaired) electrons. The lowest BCUT2D eigenvalue weighted by molar-refractivity contribution is 0.188. The molecule has 0 N–H and O–H groups in total. The van der Waals surface area contributed by atoms with Gasteiger partial charge in [0.25, 0.3) is 5.56 Å². The van der Waals surface area contributed by atoms with Gasteiger partial charge in [-0.15, -0.1) is 0 Å². The van der Waals surface area contributed by atoms with E-state index in [1.54, 1.807) is 19.4 Å². The number of hydrogen-bond donors (Lipinski definition) is 0. The fraction of sp³-hybridized carbons (Fsp3) is 0.364. The van der Waals surface area contributed by atoms with Gasteiger partial charge in [0.05, 0.1) is 37.4 Å². The molecule has 0 spiro atoms. The Balaban J connectivity index is 1.85. The molecule has 40 heavy (non-hydrogen) atoms. The van der Waals surface area contributed by atoms with Crippen LogP contribution in [0.3, 0.4) is 0 Å². The maximum absolute atomic E-state index is 13.7. The van der Waals surface area contributed by atoms with Gasteiger partial charge in [-0.05, 0) is 84.3 Å². The summed E-state index contributed by atoms with van der Waals surface area (Å²) >= 11 is 0. The summed E-state index contributed by atoms with van der Waals surface area (Å²) in [4.78, 5) is 18.6. The van der Waals surface area contributed by atoms with Crippen LogP contribution in [0.1, 0.15) is 64.2 Å². The number of benzene rings is 3. The second-order valence-corrected chi connectivity index (χ2v) is 11.4. The molecule has 0 saturated carbocycles. The van der Waals surface area contributed by atoms with E-state index >= 15 is 0 Å². The highest BCUT2D eigenvalue weighted by atomic mass is 16.5. The molecular formula is C33H39N3O4. The predicted octanol–water partition coefficient (Wildman–Crippen LogP) is 7.21. The molecule has 1 heterocycles. The van der Waals surface area contributed by atoms with Crippen molar-refractivity contribution in [1.82, 2.24) is 9.66 Å². The van der Waals surface area contributed by atoms with Crippen LogP contribution in [0.25, 0.3) is 22.3 Å². The molecule has 0 aliphatic rings. The molecular weight excluding hydrogens is 502 g/mol. The molecule has 3 aromatic carbocycles. The van der Waals surface area contributed by atoms with E-state index in [4.69, 9.17) is 19.2 Å². The van der Waals surface area contributed by atoms with E-state index in [-0.39, 0.29) is 16.9 Å². The van der Waals surface area contributed by atoms with Crippen LogP contribution in [0.2, 0.25) is 0 Å². The van der Waals surface area contributed by atoms with Crippen LogP contribution in [0.5, 0.6) is 17.2 Å². The van der Waals surface area contributed by atoms with E-state index in [0.717, 1.165) is 28.0 Å². The Kier molecular flexibility index (Phi) is 8.62. The zero-order chi connectivity index (χ0) is 29.0. The highest BCUT2D eigenvalue weighted by Gasteiger charge is 2.19. The number of fused-ring (bicyclic) bond motifs is 1. The smallest absolute Gasteiger partial charge is 0.282 e. The molecule has 1 aromatic heterocycles. The molecule has 0 atom stereocenters. The topological polar surface area (TPSA) is 74.9 Å². The summed E-state index contributed by atoms with van der Waals surface area (Å²) in [6.45, 7) is 15.6. The van der Waals surface area contributed by atoms with Crippen LogP contribution in [-0.4, -0.2) is 36.2 Å². The molecule has 0 aliphatic carbocycles. The minimum absolute atomic E-state index is 0.0132. The molecule has 0 aliphatic heterocycles. The van der Waals surface area contributed by atoms with Gasteiger partial charge in [-0.3, -0.25) is 4.79 Å². The number of aryl methyl sites for hydroxylation is 1. The normalized spacial score (nSPS) is 11.9. The number of ether oxygens (including phenoxy) is 3. The minimum atomic E-state index is -0.242. The first-order valence-electron chi connectivity index (χ1n) is 13.7. The third-order valence-electron chi connectivity index (χ3n) is 6.44. The van der Waals surface area contributed by atoms with Crippen molar-refractivity contribution in [2.24, 2.45) is 10.5 Å². The lowest BCUT2D eigenvalue weighted by atomic mass is 9.96. The van der Waals surface area contributed by atoms with Crippen LogP contribution >= 0.6 is 0 Å². The second kappa shape index (κ2) is 11.9. The van der Waals surface area contributed by atoms with Crippen molar-refractivity contribution < 1.29 is 14.2 Å². The number of aromatic nitrogens is 2. The van der Waals surface area contributed by atoms with Crippen molar-refractivity contribution in [3.8, 4) is 28.6 Å². The number of methoxy groups -OCH3 is 1. The number of rotatable bonds is 9. The van der Waals surface area contributed by atoms with Crippen molar-refractivity contribution in [2.45, 2.75) is 54.4 Å². The zero-order valence-corrected chi connectivity index (χ0v) is 24.7. The zero-order valence-electron chi connectivity index (χ0n) is 24.7. The Bertz CT molecular complexity index is 1600. The van der Waals surface area contributed by atoms with Gasteiger partial charge in [-0.1, -0.05) is 46.8 Å². The summed E-state index contributed by atoms with van der Waals surface area (Å²) in [5.74, 6) is 2.81. The molecule has 0 amide bonds. The molecule has 4 aromatic rings. The Morgan fingerprint density at radius 1 is 1.00 bits per heavy atom. The average molecular weight is 542 g/mol. The lowest BCUT2D eigenvalue weighted by Crippen LogP contribution is -2.21. The predicted molar refractivity (Wildman–Crippen MR) is 162 cm³/mol. The summed E-state index contributed by atoms with van der Waals surface area (Å²) in [7, 11) is 1.67. The van der Waals surface area contributed by atoms with E-state index in [1.807, 2.05) is 56.3 Å². The van der Waals surface area contributed by atoms with Crippen molar-refractivity contribution in [3.63, 3.8) is 0 Å². The average Bonchev–Trinajstić information content (AvgIpc) is 2.91. The SMILES string of the molecule is CCOc1cc(C=Nn2c(-c3cc(C(C)C)c(OC)cc3C)nc3ccccc3c2=O)ccc1OCC(C)(C)C.